The molecule has 0 saturated carbocycles. The average molecular weight is 425 g/mol. The van der Waals surface area contributed by atoms with Crippen molar-refractivity contribution in [3.05, 3.63) is 91.1 Å². The van der Waals surface area contributed by atoms with Gasteiger partial charge in [-0.1, -0.05) is 29.8 Å². The Hall–Kier alpha value is -3.12. The molecule has 3 rings (SSSR count). The van der Waals surface area contributed by atoms with Crippen molar-refractivity contribution in [1.29, 1.82) is 0 Å². The topological polar surface area (TPSA) is 79.8 Å². The lowest BCUT2D eigenvalue weighted by Gasteiger charge is -2.07. The number of aromatic amines is 1. The highest BCUT2D eigenvalue weighted by molar-refractivity contribution is 6.31. The third kappa shape index (κ3) is 4.89. The number of nitrogens with zero attached hydrogens (tertiary/aromatic N) is 2. The van der Waals surface area contributed by atoms with Gasteiger partial charge >= 0.3 is 0 Å². The van der Waals surface area contributed by atoms with Crippen LogP contribution in [0.1, 0.15) is 39.3 Å². The average Bonchev–Trinajstić information content (AvgIpc) is 2.94. The minimum absolute atomic E-state index is 0.175. The van der Waals surface area contributed by atoms with E-state index >= 15 is 0 Å². The van der Waals surface area contributed by atoms with Gasteiger partial charge in [-0.15, -0.1) is 0 Å². The van der Waals surface area contributed by atoms with Crippen LogP contribution in [0, 0.1) is 27.7 Å². The molecule has 0 bridgehead atoms. The Balaban J connectivity index is 1.70. The number of carbonyl (C=O) groups excluding carboxylic acids is 1. The molecule has 1 aromatic carbocycles. The summed E-state index contributed by atoms with van der Waals surface area (Å²) in [4.78, 5) is 27.1. The molecular weight excluding hydrogens is 400 g/mol. The molecule has 7 heteroatoms. The minimum Gasteiger partial charge on any atom is -0.348 e. The van der Waals surface area contributed by atoms with Gasteiger partial charge in [-0.05, 0) is 57.0 Å². The molecule has 0 aliphatic carbocycles. The second-order valence-corrected chi connectivity index (χ2v) is 7.73. The molecule has 2 N–H and O–H groups in total. The maximum atomic E-state index is 12.3. The number of rotatable bonds is 6. The molecule has 0 aliphatic rings. The lowest BCUT2D eigenvalue weighted by Crippen LogP contribution is -2.26. The SMILES string of the molecule is Cc1cc(C)c(CNC(=O)/C=C/c2c(C)nn(Cc3ccccc3Cl)c2C)c(=O)[nH]1. The summed E-state index contributed by atoms with van der Waals surface area (Å²) in [6, 6.07) is 9.55. The second kappa shape index (κ2) is 9.13. The Labute approximate surface area is 180 Å². The first-order valence-corrected chi connectivity index (χ1v) is 10.1. The van der Waals surface area contributed by atoms with E-state index in [2.05, 4.69) is 15.4 Å². The maximum absolute atomic E-state index is 12.3. The molecule has 0 saturated heterocycles. The quantitative estimate of drug-likeness (QED) is 0.590. The number of H-pyrrole nitrogens is 1. The number of nitrogens with one attached hydrogen (secondary N) is 2. The Morgan fingerprint density at radius 1 is 1.23 bits per heavy atom. The van der Waals surface area contributed by atoms with E-state index in [0.717, 1.165) is 33.8 Å². The Kier molecular flexibility index (Phi) is 6.57. The number of carbonyl (C=O) groups is 1. The zero-order chi connectivity index (χ0) is 21.8. The van der Waals surface area contributed by atoms with Crippen LogP contribution in [0.2, 0.25) is 5.02 Å². The molecule has 0 atom stereocenters. The molecule has 156 valence electrons. The highest BCUT2D eigenvalue weighted by Gasteiger charge is 2.11. The van der Waals surface area contributed by atoms with Crippen molar-refractivity contribution in [1.82, 2.24) is 20.1 Å². The summed E-state index contributed by atoms with van der Waals surface area (Å²) in [6.07, 6.45) is 3.22. The summed E-state index contributed by atoms with van der Waals surface area (Å²) in [5, 5.41) is 8.05. The van der Waals surface area contributed by atoms with Crippen LogP contribution in [-0.4, -0.2) is 20.7 Å². The fourth-order valence-corrected chi connectivity index (χ4v) is 3.58. The minimum atomic E-state index is -0.271. The lowest BCUT2D eigenvalue weighted by atomic mass is 10.1. The van der Waals surface area contributed by atoms with Crippen molar-refractivity contribution in [2.24, 2.45) is 0 Å². The molecule has 1 amide bonds. The third-order valence-electron chi connectivity index (χ3n) is 5.05. The predicted molar refractivity (Wildman–Crippen MR) is 120 cm³/mol. The van der Waals surface area contributed by atoms with Crippen molar-refractivity contribution in [3.8, 4) is 0 Å². The molecular formula is C23H25ClN4O2. The van der Waals surface area contributed by atoms with Crippen molar-refractivity contribution >= 4 is 23.6 Å². The number of benzene rings is 1. The van der Waals surface area contributed by atoms with E-state index in [-0.39, 0.29) is 18.0 Å². The van der Waals surface area contributed by atoms with Crippen LogP contribution in [0.4, 0.5) is 0 Å². The maximum Gasteiger partial charge on any atom is 0.253 e. The van der Waals surface area contributed by atoms with Gasteiger partial charge in [-0.2, -0.15) is 5.10 Å². The molecule has 6 nitrogen and oxygen atoms in total. The van der Waals surface area contributed by atoms with Crippen LogP contribution in [0.3, 0.4) is 0 Å². The van der Waals surface area contributed by atoms with Gasteiger partial charge in [0.25, 0.3) is 5.56 Å². The van der Waals surface area contributed by atoms with Gasteiger partial charge in [0.15, 0.2) is 0 Å². The van der Waals surface area contributed by atoms with Gasteiger partial charge in [-0.25, -0.2) is 0 Å². The number of aromatic nitrogens is 3. The molecule has 0 unspecified atom stereocenters. The number of hydrogen-bond donors (Lipinski definition) is 2. The van der Waals surface area contributed by atoms with E-state index in [4.69, 9.17) is 11.6 Å². The van der Waals surface area contributed by atoms with Crippen molar-refractivity contribution in [3.63, 3.8) is 0 Å². The smallest absolute Gasteiger partial charge is 0.253 e. The number of amides is 1. The lowest BCUT2D eigenvalue weighted by molar-refractivity contribution is -0.116. The van der Waals surface area contributed by atoms with Crippen LogP contribution >= 0.6 is 11.6 Å². The summed E-state index contributed by atoms with van der Waals surface area (Å²) in [6.45, 7) is 8.29. The molecule has 2 heterocycles. The molecule has 0 aliphatic heterocycles. The first kappa shape index (κ1) is 21.6. The van der Waals surface area contributed by atoms with Gasteiger partial charge in [0.2, 0.25) is 5.91 Å². The fraction of sp³-hybridized carbons (Fsp3) is 0.261. The standard InChI is InChI=1S/C23H25ClN4O2/c1-14-11-15(2)26-23(30)20(14)12-25-22(29)10-9-19-16(3)27-28(17(19)4)13-18-7-5-6-8-21(18)24/h5-11H,12-13H2,1-4H3,(H,25,29)(H,26,30)/b10-9+. The summed E-state index contributed by atoms with van der Waals surface area (Å²) < 4.78 is 1.88. The van der Waals surface area contributed by atoms with Crippen molar-refractivity contribution in [2.75, 3.05) is 0 Å². The van der Waals surface area contributed by atoms with Crippen LogP contribution in [0.25, 0.3) is 6.08 Å². The third-order valence-corrected chi connectivity index (χ3v) is 5.42. The van der Waals surface area contributed by atoms with E-state index in [1.54, 1.807) is 6.08 Å². The zero-order valence-electron chi connectivity index (χ0n) is 17.5. The summed E-state index contributed by atoms with van der Waals surface area (Å²) >= 11 is 6.26. The van der Waals surface area contributed by atoms with E-state index in [0.29, 0.717) is 17.1 Å². The number of aryl methyl sites for hydroxylation is 3. The normalized spacial score (nSPS) is 11.2. The first-order chi connectivity index (χ1) is 14.3. The van der Waals surface area contributed by atoms with E-state index < -0.39 is 0 Å². The molecule has 30 heavy (non-hydrogen) atoms. The molecule has 0 spiro atoms. The van der Waals surface area contributed by atoms with Crippen LogP contribution in [0.5, 0.6) is 0 Å². The van der Waals surface area contributed by atoms with Crippen LogP contribution in [-0.2, 0) is 17.9 Å². The number of hydrogen-bond acceptors (Lipinski definition) is 3. The largest absolute Gasteiger partial charge is 0.348 e. The summed E-state index contributed by atoms with van der Waals surface area (Å²) in [5.74, 6) is -0.271. The fourth-order valence-electron chi connectivity index (χ4n) is 3.39. The van der Waals surface area contributed by atoms with E-state index in [1.807, 2.05) is 62.7 Å². The predicted octanol–water partition coefficient (Wildman–Crippen LogP) is 3.84. The molecule has 2 aromatic heterocycles. The number of halogens is 1. The second-order valence-electron chi connectivity index (χ2n) is 7.33. The zero-order valence-corrected chi connectivity index (χ0v) is 18.3. The van der Waals surface area contributed by atoms with E-state index in [1.165, 1.54) is 6.08 Å². The van der Waals surface area contributed by atoms with Gasteiger partial charge in [0.1, 0.15) is 0 Å². The van der Waals surface area contributed by atoms with Crippen LogP contribution < -0.4 is 10.9 Å². The summed E-state index contributed by atoms with van der Waals surface area (Å²) in [7, 11) is 0. The van der Waals surface area contributed by atoms with E-state index in [9.17, 15) is 9.59 Å². The Morgan fingerprint density at radius 2 is 1.97 bits per heavy atom. The van der Waals surface area contributed by atoms with Gasteiger partial charge in [0.05, 0.1) is 12.2 Å². The van der Waals surface area contributed by atoms with Gasteiger partial charge in [0, 0.05) is 40.2 Å². The van der Waals surface area contributed by atoms with Crippen molar-refractivity contribution < 1.29 is 4.79 Å². The van der Waals surface area contributed by atoms with Gasteiger partial charge < -0.3 is 10.3 Å². The number of pyridine rings is 1. The Bertz CT molecular complexity index is 1170. The monoisotopic (exact) mass is 424 g/mol. The molecule has 0 fully saturated rings. The Morgan fingerprint density at radius 3 is 2.67 bits per heavy atom. The van der Waals surface area contributed by atoms with Crippen molar-refractivity contribution in [2.45, 2.75) is 40.8 Å². The van der Waals surface area contributed by atoms with Gasteiger partial charge in [-0.3, -0.25) is 14.3 Å². The molecule has 0 radical (unpaired) electrons. The summed E-state index contributed by atoms with van der Waals surface area (Å²) in [5.41, 5.74) is 5.68. The first-order valence-electron chi connectivity index (χ1n) is 9.69. The molecule has 3 aromatic rings. The highest BCUT2D eigenvalue weighted by Crippen LogP contribution is 2.20. The highest BCUT2D eigenvalue weighted by atomic mass is 35.5. The van der Waals surface area contributed by atoms with Crippen LogP contribution in [0.15, 0.2) is 41.2 Å².